The molecule has 1 rings (SSSR count). The molecule has 0 fully saturated rings. The smallest absolute Gasteiger partial charge is 0.177 e. The minimum Gasteiger partial charge on any atom is -0.352 e. The fraction of sp³-hybridized carbons (Fsp3) is 0.556. The van der Waals surface area contributed by atoms with Crippen molar-refractivity contribution in [1.82, 2.24) is 0 Å². The van der Waals surface area contributed by atoms with Crippen LogP contribution < -0.4 is 0 Å². The summed E-state index contributed by atoms with van der Waals surface area (Å²) < 4.78 is 10.5. The predicted molar refractivity (Wildman–Crippen MR) is 44.2 cm³/mol. The van der Waals surface area contributed by atoms with E-state index in [9.17, 15) is 0 Å². The van der Waals surface area contributed by atoms with E-state index in [1.54, 1.807) is 7.11 Å². The molecule has 2 heteroatoms. The highest BCUT2D eigenvalue weighted by atomic mass is 16.7. The van der Waals surface area contributed by atoms with Crippen molar-refractivity contribution in [2.75, 3.05) is 7.11 Å². The van der Waals surface area contributed by atoms with Gasteiger partial charge in [-0.2, -0.15) is 0 Å². The van der Waals surface area contributed by atoms with Gasteiger partial charge in [0.15, 0.2) is 6.29 Å². The van der Waals surface area contributed by atoms with Crippen molar-refractivity contribution in [1.29, 1.82) is 0 Å². The topological polar surface area (TPSA) is 18.5 Å². The average molecular weight is 154 g/mol. The lowest BCUT2D eigenvalue weighted by molar-refractivity contribution is -0.0992. The van der Waals surface area contributed by atoms with E-state index >= 15 is 0 Å². The van der Waals surface area contributed by atoms with Gasteiger partial charge in [0.05, 0.1) is 6.10 Å². The molecule has 0 saturated heterocycles. The van der Waals surface area contributed by atoms with Crippen LogP contribution >= 0.6 is 0 Å². The second-order valence-electron chi connectivity index (χ2n) is 2.51. The first-order valence-corrected chi connectivity index (χ1v) is 3.84. The zero-order valence-corrected chi connectivity index (χ0v) is 7.04. The van der Waals surface area contributed by atoms with E-state index in [2.05, 4.69) is 13.5 Å². The minimum absolute atomic E-state index is 0.173. The molecule has 0 amide bonds. The van der Waals surface area contributed by atoms with Crippen LogP contribution in [-0.2, 0) is 9.47 Å². The van der Waals surface area contributed by atoms with Gasteiger partial charge < -0.3 is 9.47 Å². The lowest BCUT2D eigenvalue weighted by atomic mass is 10.1. The lowest BCUT2D eigenvalue weighted by Crippen LogP contribution is -2.13. The Bertz CT molecular complexity index is 172. The average Bonchev–Trinajstić information content (AvgIpc) is 2.46. The summed E-state index contributed by atoms with van der Waals surface area (Å²) in [5.41, 5.74) is 1.14. The van der Waals surface area contributed by atoms with E-state index in [0.29, 0.717) is 0 Å². The Labute approximate surface area is 67.5 Å². The molecule has 0 bridgehead atoms. The molecule has 0 aliphatic carbocycles. The fourth-order valence-corrected chi connectivity index (χ4v) is 1.20. The maximum Gasteiger partial charge on any atom is 0.177 e. The lowest BCUT2D eigenvalue weighted by Gasteiger charge is -2.11. The first-order chi connectivity index (χ1) is 5.31. The van der Waals surface area contributed by atoms with Crippen molar-refractivity contribution in [3.8, 4) is 0 Å². The van der Waals surface area contributed by atoms with Crippen molar-refractivity contribution in [3.63, 3.8) is 0 Å². The van der Waals surface area contributed by atoms with E-state index < -0.39 is 0 Å². The molecular weight excluding hydrogens is 140 g/mol. The van der Waals surface area contributed by atoms with Gasteiger partial charge in [-0.1, -0.05) is 19.6 Å². The first kappa shape index (κ1) is 8.50. The van der Waals surface area contributed by atoms with Crippen LogP contribution in [0.15, 0.2) is 24.3 Å². The van der Waals surface area contributed by atoms with Gasteiger partial charge in [0.1, 0.15) is 0 Å². The van der Waals surface area contributed by atoms with Crippen molar-refractivity contribution >= 4 is 0 Å². The van der Waals surface area contributed by atoms with E-state index in [1.807, 2.05) is 12.2 Å². The third kappa shape index (κ3) is 1.70. The largest absolute Gasteiger partial charge is 0.352 e. The van der Waals surface area contributed by atoms with Gasteiger partial charge in [0.25, 0.3) is 0 Å². The van der Waals surface area contributed by atoms with Crippen LogP contribution in [0.2, 0.25) is 0 Å². The van der Waals surface area contributed by atoms with Crippen LogP contribution in [0.25, 0.3) is 0 Å². The van der Waals surface area contributed by atoms with Gasteiger partial charge in [-0.05, 0) is 18.1 Å². The Kier molecular flexibility index (Phi) is 2.85. The Balaban J connectivity index is 2.62. The van der Waals surface area contributed by atoms with Crippen LogP contribution in [0, 0.1) is 0 Å². The Morgan fingerprint density at radius 2 is 2.55 bits per heavy atom. The summed E-state index contributed by atoms with van der Waals surface area (Å²) in [7, 11) is 1.64. The number of methoxy groups -OCH3 is 1. The molecule has 0 spiro atoms. The summed E-state index contributed by atoms with van der Waals surface area (Å²) in [6.07, 6.45) is 4.76. The third-order valence-electron chi connectivity index (χ3n) is 1.84. The molecule has 0 aromatic heterocycles. The molecule has 2 nitrogen and oxygen atoms in total. The number of hydrogen-bond donors (Lipinski definition) is 0. The maximum atomic E-state index is 5.48. The minimum atomic E-state index is -0.173. The van der Waals surface area contributed by atoms with Gasteiger partial charge in [-0.15, -0.1) is 0 Å². The Morgan fingerprint density at radius 3 is 2.91 bits per heavy atom. The van der Waals surface area contributed by atoms with Crippen molar-refractivity contribution in [3.05, 3.63) is 24.3 Å². The highest BCUT2D eigenvalue weighted by Gasteiger charge is 2.22. The second kappa shape index (κ2) is 3.69. The number of ether oxygens (including phenoxy) is 2. The van der Waals surface area contributed by atoms with Crippen LogP contribution in [0.4, 0.5) is 0 Å². The molecule has 11 heavy (non-hydrogen) atoms. The first-order valence-electron chi connectivity index (χ1n) is 3.84. The summed E-state index contributed by atoms with van der Waals surface area (Å²) in [6, 6.07) is 0. The van der Waals surface area contributed by atoms with Crippen LogP contribution in [0.5, 0.6) is 0 Å². The van der Waals surface area contributed by atoms with Crippen molar-refractivity contribution < 1.29 is 9.47 Å². The summed E-state index contributed by atoms with van der Waals surface area (Å²) in [4.78, 5) is 0. The standard InChI is InChI=1S/C9H14O2/c1-4-7-6-9(10-3)11-8(7)5-2/h4,6,8-9H,1,5H2,2-3H3/t8-,9-/m1/s1. The number of hydrogen-bond acceptors (Lipinski definition) is 2. The Morgan fingerprint density at radius 1 is 1.82 bits per heavy atom. The van der Waals surface area contributed by atoms with Crippen molar-refractivity contribution in [2.24, 2.45) is 0 Å². The van der Waals surface area contributed by atoms with Gasteiger partial charge >= 0.3 is 0 Å². The molecule has 0 unspecified atom stereocenters. The van der Waals surface area contributed by atoms with Gasteiger partial charge in [0, 0.05) is 7.11 Å². The van der Waals surface area contributed by atoms with E-state index in [1.165, 1.54) is 0 Å². The maximum absolute atomic E-state index is 5.48. The highest BCUT2D eigenvalue weighted by Crippen LogP contribution is 2.22. The zero-order valence-electron chi connectivity index (χ0n) is 7.04. The molecule has 62 valence electrons. The molecule has 0 saturated carbocycles. The third-order valence-corrected chi connectivity index (χ3v) is 1.84. The van der Waals surface area contributed by atoms with Gasteiger partial charge in [0.2, 0.25) is 0 Å². The molecule has 1 heterocycles. The molecule has 1 aliphatic rings. The second-order valence-corrected chi connectivity index (χ2v) is 2.51. The molecule has 0 aromatic rings. The predicted octanol–water partition coefficient (Wildman–Crippen LogP) is 1.88. The van der Waals surface area contributed by atoms with Gasteiger partial charge in [-0.25, -0.2) is 0 Å². The monoisotopic (exact) mass is 154 g/mol. The summed E-state index contributed by atoms with van der Waals surface area (Å²) in [6.45, 7) is 5.79. The summed E-state index contributed by atoms with van der Waals surface area (Å²) in [5, 5.41) is 0. The highest BCUT2D eigenvalue weighted by molar-refractivity contribution is 5.25. The van der Waals surface area contributed by atoms with E-state index in [0.717, 1.165) is 12.0 Å². The SMILES string of the molecule is C=CC1=C[C@H](OC)O[C@@H]1CC. The molecule has 0 N–H and O–H groups in total. The van der Waals surface area contributed by atoms with Gasteiger partial charge in [-0.3, -0.25) is 0 Å². The van der Waals surface area contributed by atoms with Crippen LogP contribution in [0.3, 0.4) is 0 Å². The summed E-state index contributed by atoms with van der Waals surface area (Å²) >= 11 is 0. The molecule has 0 radical (unpaired) electrons. The molecular formula is C9H14O2. The molecule has 2 atom stereocenters. The summed E-state index contributed by atoms with van der Waals surface area (Å²) in [5.74, 6) is 0. The van der Waals surface area contributed by atoms with Crippen LogP contribution in [-0.4, -0.2) is 19.5 Å². The molecule has 1 aliphatic heterocycles. The number of rotatable bonds is 3. The Hall–Kier alpha value is -0.600. The normalized spacial score (nSPS) is 30.2. The van der Waals surface area contributed by atoms with Crippen LogP contribution in [0.1, 0.15) is 13.3 Å². The van der Waals surface area contributed by atoms with E-state index in [4.69, 9.17) is 9.47 Å². The zero-order chi connectivity index (χ0) is 8.27. The molecule has 0 aromatic carbocycles. The van der Waals surface area contributed by atoms with E-state index in [-0.39, 0.29) is 12.4 Å². The fourth-order valence-electron chi connectivity index (χ4n) is 1.20. The van der Waals surface area contributed by atoms with Crippen molar-refractivity contribution in [2.45, 2.75) is 25.7 Å². The quantitative estimate of drug-likeness (QED) is 0.618.